The summed E-state index contributed by atoms with van der Waals surface area (Å²) in [5.74, 6) is -0.363. The van der Waals surface area contributed by atoms with E-state index in [-0.39, 0.29) is 5.97 Å². The molecule has 1 unspecified atom stereocenters. The Hall–Kier alpha value is -1.14. The topological polar surface area (TPSA) is 54.5 Å². The highest BCUT2D eigenvalue weighted by molar-refractivity contribution is 7.15. The number of ether oxygens (including phenoxy) is 1. The van der Waals surface area contributed by atoms with Gasteiger partial charge in [-0.1, -0.05) is 6.92 Å². The van der Waals surface area contributed by atoms with Crippen molar-refractivity contribution in [3.8, 4) is 0 Å². The molecule has 6 heteroatoms. The molecule has 5 nitrogen and oxygen atoms in total. The minimum absolute atomic E-state index is 0.363. The number of anilines is 1. The summed E-state index contributed by atoms with van der Waals surface area (Å²) in [6.07, 6.45) is 2.50. The monoisotopic (exact) mass is 283 g/mol. The molecule has 0 aromatic carbocycles. The highest BCUT2D eigenvalue weighted by Gasteiger charge is 2.23. The van der Waals surface area contributed by atoms with E-state index in [1.807, 2.05) is 6.92 Å². The fourth-order valence-corrected chi connectivity index (χ4v) is 3.31. The molecule has 0 saturated carbocycles. The van der Waals surface area contributed by atoms with Gasteiger partial charge in [0.25, 0.3) is 0 Å². The molecule has 1 aliphatic rings. The van der Waals surface area contributed by atoms with Gasteiger partial charge in [0.2, 0.25) is 0 Å². The highest BCUT2D eigenvalue weighted by atomic mass is 32.1. The van der Waals surface area contributed by atoms with Crippen molar-refractivity contribution in [2.45, 2.75) is 32.7 Å². The molecule has 1 aliphatic heterocycles. The molecule has 0 amide bonds. The third-order valence-electron chi connectivity index (χ3n) is 3.57. The molecule has 1 saturated heterocycles. The first-order valence-corrected chi connectivity index (χ1v) is 7.51. The molecule has 1 aromatic rings. The minimum atomic E-state index is -0.363. The van der Waals surface area contributed by atoms with Gasteiger partial charge < -0.3 is 10.1 Å². The second kappa shape index (κ2) is 6.34. The van der Waals surface area contributed by atoms with Gasteiger partial charge in [-0.3, -0.25) is 4.90 Å². The van der Waals surface area contributed by atoms with Crippen molar-refractivity contribution in [3.05, 3.63) is 10.6 Å². The van der Waals surface area contributed by atoms with Crippen molar-refractivity contribution in [2.75, 3.05) is 32.1 Å². The molecule has 19 heavy (non-hydrogen) atoms. The van der Waals surface area contributed by atoms with Gasteiger partial charge in [-0.2, -0.15) is 0 Å². The Balaban J connectivity index is 1.95. The molecule has 1 fully saturated rings. The van der Waals surface area contributed by atoms with Gasteiger partial charge in [0.15, 0.2) is 10.8 Å². The Morgan fingerprint density at radius 1 is 1.63 bits per heavy atom. The minimum Gasteiger partial charge on any atom is -0.464 e. The fraction of sp³-hybridized carbons (Fsp3) is 0.692. The van der Waals surface area contributed by atoms with E-state index in [4.69, 9.17) is 4.74 Å². The molecule has 2 rings (SSSR count). The third kappa shape index (κ3) is 3.25. The molecule has 1 atom stereocenters. The zero-order chi connectivity index (χ0) is 13.8. The van der Waals surface area contributed by atoms with Gasteiger partial charge in [-0.25, -0.2) is 9.78 Å². The Bertz CT molecular complexity index is 447. The lowest BCUT2D eigenvalue weighted by atomic mass is 10.2. The number of rotatable bonds is 5. The number of esters is 1. The van der Waals surface area contributed by atoms with Crippen molar-refractivity contribution in [1.82, 2.24) is 9.88 Å². The molecule has 0 spiro atoms. The van der Waals surface area contributed by atoms with E-state index in [9.17, 15) is 4.79 Å². The number of aromatic nitrogens is 1. The first-order valence-electron chi connectivity index (χ1n) is 6.69. The van der Waals surface area contributed by atoms with Crippen LogP contribution in [0.25, 0.3) is 0 Å². The van der Waals surface area contributed by atoms with Crippen molar-refractivity contribution in [3.63, 3.8) is 0 Å². The number of carbonyl (C=O) groups excluding carboxylic acids is 1. The number of aryl methyl sites for hydroxylation is 1. The second-order valence-electron chi connectivity index (χ2n) is 4.72. The van der Waals surface area contributed by atoms with Gasteiger partial charge in [-0.05, 0) is 32.9 Å². The molecular weight excluding hydrogens is 262 g/mol. The van der Waals surface area contributed by atoms with Crippen LogP contribution in [0.3, 0.4) is 0 Å². The van der Waals surface area contributed by atoms with Gasteiger partial charge in [-0.15, -0.1) is 11.3 Å². The zero-order valence-electron chi connectivity index (χ0n) is 11.7. The molecule has 2 heterocycles. The van der Waals surface area contributed by atoms with Crippen LogP contribution in [0.4, 0.5) is 5.13 Å². The maximum atomic E-state index is 11.5. The van der Waals surface area contributed by atoms with E-state index in [0.29, 0.717) is 11.7 Å². The smallest absolute Gasteiger partial charge is 0.357 e. The largest absolute Gasteiger partial charge is 0.464 e. The normalized spacial score (nSPS) is 19.6. The van der Waals surface area contributed by atoms with E-state index in [0.717, 1.165) is 23.1 Å². The number of hydrogen-bond acceptors (Lipinski definition) is 6. The highest BCUT2D eigenvalue weighted by Crippen LogP contribution is 2.24. The zero-order valence-corrected chi connectivity index (χ0v) is 12.5. The number of likely N-dealkylation sites (tertiary alicyclic amines) is 1. The predicted octanol–water partition coefficient (Wildman–Crippen LogP) is 2.13. The number of nitrogens with zero attached hydrogens (tertiary/aromatic N) is 2. The first kappa shape index (κ1) is 14.3. The summed E-state index contributed by atoms with van der Waals surface area (Å²) in [4.78, 5) is 19.2. The van der Waals surface area contributed by atoms with Gasteiger partial charge in [0.1, 0.15) is 0 Å². The number of hydrogen-bond donors (Lipinski definition) is 1. The van der Waals surface area contributed by atoms with E-state index < -0.39 is 0 Å². The Morgan fingerprint density at radius 3 is 3.11 bits per heavy atom. The number of methoxy groups -OCH3 is 1. The summed E-state index contributed by atoms with van der Waals surface area (Å²) in [6.45, 7) is 7.26. The van der Waals surface area contributed by atoms with Crippen LogP contribution in [0.1, 0.15) is 35.1 Å². The van der Waals surface area contributed by atoms with Gasteiger partial charge >= 0.3 is 5.97 Å². The molecular formula is C13H21N3O2S. The van der Waals surface area contributed by atoms with Crippen molar-refractivity contribution in [2.24, 2.45) is 0 Å². The number of nitrogens with one attached hydrogen (secondary N) is 1. The predicted molar refractivity (Wildman–Crippen MR) is 76.9 cm³/mol. The Kier molecular flexibility index (Phi) is 4.76. The van der Waals surface area contributed by atoms with Crippen LogP contribution in [-0.2, 0) is 4.74 Å². The summed E-state index contributed by atoms with van der Waals surface area (Å²) < 4.78 is 4.71. The van der Waals surface area contributed by atoms with Crippen molar-refractivity contribution >= 4 is 22.4 Å². The SMILES string of the molecule is CCN1CCCC1CNc1nc(C(=O)OC)c(C)s1. The van der Waals surface area contributed by atoms with Crippen LogP contribution in [0.2, 0.25) is 0 Å². The van der Waals surface area contributed by atoms with Crippen molar-refractivity contribution < 1.29 is 9.53 Å². The Labute approximate surface area is 118 Å². The quantitative estimate of drug-likeness (QED) is 0.839. The summed E-state index contributed by atoms with van der Waals surface area (Å²) in [7, 11) is 1.38. The summed E-state index contributed by atoms with van der Waals surface area (Å²) in [6, 6.07) is 0.579. The average Bonchev–Trinajstić information content (AvgIpc) is 3.01. The second-order valence-corrected chi connectivity index (χ2v) is 5.92. The Morgan fingerprint density at radius 2 is 2.42 bits per heavy atom. The molecule has 0 radical (unpaired) electrons. The molecule has 0 bridgehead atoms. The van der Waals surface area contributed by atoms with Crippen molar-refractivity contribution in [1.29, 1.82) is 0 Å². The van der Waals surface area contributed by atoms with E-state index in [2.05, 4.69) is 22.1 Å². The summed E-state index contributed by atoms with van der Waals surface area (Å²) in [5, 5.41) is 4.16. The summed E-state index contributed by atoms with van der Waals surface area (Å²) in [5.41, 5.74) is 0.425. The maximum absolute atomic E-state index is 11.5. The molecule has 106 valence electrons. The lowest BCUT2D eigenvalue weighted by Crippen LogP contribution is -2.34. The molecule has 1 N–H and O–H groups in total. The maximum Gasteiger partial charge on any atom is 0.357 e. The van der Waals surface area contributed by atoms with Crippen LogP contribution in [0.15, 0.2) is 0 Å². The van der Waals surface area contributed by atoms with E-state index >= 15 is 0 Å². The van der Waals surface area contributed by atoms with Crippen LogP contribution in [0, 0.1) is 6.92 Å². The lowest BCUT2D eigenvalue weighted by molar-refractivity contribution is 0.0594. The van der Waals surface area contributed by atoms with Gasteiger partial charge in [0.05, 0.1) is 7.11 Å². The van der Waals surface area contributed by atoms with Crippen LogP contribution in [-0.4, -0.2) is 48.6 Å². The van der Waals surface area contributed by atoms with Crippen LogP contribution in [0.5, 0.6) is 0 Å². The van der Waals surface area contributed by atoms with Gasteiger partial charge in [0, 0.05) is 17.5 Å². The van der Waals surface area contributed by atoms with E-state index in [1.54, 1.807) is 0 Å². The third-order valence-corrected chi connectivity index (χ3v) is 4.50. The average molecular weight is 283 g/mol. The first-order chi connectivity index (χ1) is 9.15. The molecule has 1 aromatic heterocycles. The number of likely N-dealkylation sites (N-methyl/N-ethyl adjacent to an activating group) is 1. The van der Waals surface area contributed by atoms with Crippen LogP contribution >= 0.6 is 11.3 Å². The summed E-state index contributed by atoms with van der Waals surface area (Å²) >= 11 is 1.51. The lowest BCUT2D eigenvalue weighted by Gasteiger charge is -2.22. The van der Waals surface area contributed by atoms with E-state index in [1.165, 1.54) is 37.8 Å². The molecule has 0 aliphatic carbocycles. The number of thiazole rings is 1. The number of carbonyl (C=O) groups is 1. The fourth-order valence-electron chi connectivity index (χ4n) is 2.51. The standard InChI is InChI=1S/C13H21N3O2S/c1-4-16-7-5-6-10(16)8-14-13-15-11(9(2)19-13)12(17)18-3/h10H,4-8H2,1-3H3,(H,14,15). The van der Waals surface area contributed by atoms with Crippen LogP contribution < -0.4 is 5.32 Å².